The zero-order valence-corrected chi connectivity index (χ0v) is 31.0. The highest BCUT2D eigenvalue weighted by atomic mass is 31.2. The lowest BCUT2D eigenvalue weighted by Gasteiger charge is -2.40. The highest BCUT2D eigenvalue weighted by Crippen LogP contribution is 2.55. The molecule has 3 aliphatic heterocycles. The SMILES string of the molecule is CC(C)(C)[Si](C)(C)OC1C2COP(=O)(O)O[C@@H]3C(COP(=O)(O)O[C@H]1[C@H](n1cc(F)c4c(=O)[nH]cnc41)O2)O[C@@H](n1cnc2c(N)ncnc21)[C@@H]3F. The molecule has 5 N–H and O–H groups in total. The Hall–Kier alpha value is -3.05. The van der Waals surface area contributed by atoms with Gasteiger partial charge >= 0.3 is 15.6 Å². The Kier molecular flexibility index (Phi) is 9.36. The standard InChI is InChI=1S/C27H36F2N8O12P2Si/c1-27(2,3)52(4,5)49-19-14-8-44-50(39,40)47-18-13(45-25(16(18)29)37-11-35-17-21(30)31-9-33-23(17)37)7-43-51(41,42)48-20(19)26(46-14)36-6-12(28)15-22(36)32-10-34-24(15)38/h6,9-11,13-14,16,18-20,25-26H,7-8H2,1-5H3,(H,39,40)(H,41,42)(H2,30,31,33)(H,32,34,38)/t13?,14?,16-,18-,19?,20-,25-,26-/m1/s1. The molecule has 3 saturated heterocycles. The first-order valence-corrected chi connectivity index (χ1v) is 21.8. The molecule has 0 spiro atoms. The van der Waals surface area contributed by atoms with Crippen molar-refractivity contribution in [1.29, 1.82) is 0 Å². The molecule has 20 nitrogen and oxygen atoms in total. The molecule has 52 heavy (non-hydrogen) atoms. The Bertz CT molecular complexity index is 2170. The van der Waals surface area contributed by atoms with Crippen molar-refractivity contribution in [3.8, 4) is 0 Å². The van der Waals surface area contributed by atoms with E-state index in [0.717, 1.165) is 34.3 Å². The first kappa shape index (κ1) is 37.3. The Balaban J connectivity index is 1.27. The number of aromatic amines is 1. The Labute approximate surface area is 293 Å². The maximum atomic E-state index is 16.2. The van der Waals surface area contributed by atoms with Crippen molar-refractivity contribution in [2.75, 3.05) is 18.9 Å². The third-order valence-electron chi connectivity index (χ3n) is 9.61. The van der Waals surface area contributed by atoms with E-state index in [0.29, 0.717) is 0 Å². The summed E-state index contributed by atoms with van der Waals surface area (Å²) in [5, 5.41) is -0.878. The number of ether oxygens (including phenoxy) is 2. The van der Waals surface area contributed by atoms with Crippen LogP contribution in [-0.4, -0.2) is 102 Å². The summed E-state index contributed by atoms with van der Waals surface area (Å²) in [4.78, 5) is 52.9. The lowest BCUT2D eigenvalue weighted by atomic mass is 10.1. The van der Waals surface area contributed by atoms with E-state index in [9.17, 15) is 23.7 Å². The topological polar surface area (TPSA) is 260 Å². The molecule has 3 fully saturated rings. The third kappa shape index (κ3) is 6.66. The van der Waals surface area contributed by atoms with Crippen molar-refractivity contribution in [2.45, 2.75) is 88.1 Å². The fraction of sp³-hybridized carbons (Fsp3) is 0.593. The smallest absolute Gasteiger partial charge is 0.408 e. The summed E-state index contributed by atoms with van der Waals surface area (Å²) in [6.07, 6.45) is -8.94. The molecule has 3 aliphatic rings. The molecular formula is C27H36F2N8O12P2Si. The zero-order chi connectivity index (χ0) is 37.5. The number of anilines is 1. The molecule has 5 unspecified atom stereocenters. The van der Waals surface area contributed by atoms with E-state index >= 15 is 8.78 Å². The van der Waals surface area contributed by atoms with Crippen molar-refractivity contribution in [1.82, 2.24) is 34.1 Å². The molecule has 0 amide bonds. The van der Waals surface area contributed by atoms with Crippen LogP contribution in [0.3, 0.4) is 0 Å². The van der Waals surface area contributed by atoms with Crippen LogP contribution in [0.15, 0.2) is 30.0 Å². The van der Waals surface area contributed by atoms with Gasteiger partial charge in [-0.2, -0.15) is 0 Å². The predicted octanol–water partition coefficient (Wildman–Crippen LogP) is 2.83. The van der Waals surface area contributed by atoms with Crippen LogP contribution in [0.1, 0.15) is 33.2 Å². The number of halogens is 2. The average Bonchev–Trinajstić information content (AvgIpc) is 3.79. The number of phosphoric acid groups is 2. The number of H-pyrrole nitrogens is 1. The summed E-state index contributed by atoms with van der Waals surface area (Å²) in [6.45, 7) is 7.82. The van der Waals surface area contributed by atoms with E-state index in [4.69, 9.17) is 37.7 Å². The van der Waals surface area contributed by atoms with Gasteiger partial charge in [-0.1, -0.05) is 20.8 Å². The fourth-order valence-electron chi connectivity index (χ4n) is 6.02. The molecule has 0 saturated carbocycles. The molecule has 0 aromatic carbocycles. The zero-order valence-electron chi connectivity index (χ0n) is 28.2. The summed E-state index contributed by atoms with van der Waals surface area (Å²) >= 11 is 0. The number of alkyl halides is 1. The van der Waals surface area contributed by atoms with E-state index < -0.39 is 108 Å². The van der Waals surface area contributed by atoms with Crippen molar-refractivity contribution in [3.05, 3.63) is 41.3 Å². The van der Waals surface area contributed by atoms with Gasteiger partial charge in [0.25, 0.3) is 5.56 Å². The number of nitrogens with two attached hydrogens (primary N) is 1. The predicted molar refractivity (Wildman–Crippen MR) is 176 cm³/mol. The van der Waals surface area contributed by atoms with Gasteiger partial charge in [-0.3, -0.25) is 27.5 Å². The minimum Gasteiger partial charge on any atom is -0.408 e. The van der Waals surface area contributed by atoms with E-state index in [1.54, 1.807) is 0 Å². The molecule has 4 aromatic heterocycles. The number of imidazole rings is 1. The normalized spacial score (nSPS) is 34.9. The summed E-state index contributed by atoms with van der Waals surface area (Å²) in [5.74, 6) is -0.992. The molecule has 284 valence electrons. The molecule has 4 aromatic rings. The number of nitrogens with one attached hydrogen (secondary N) is 1. The van der Waals surface area contributed by atoms with Crippen LogP contribution in [0.5, 0.6) is 0 Å². The average molecular weight is 793 g/mol. The summed E-state index contributed by atoms with van der Waals surface area (Å²) in [6, 6.07) is 0. The number of aromatic nitrogens is 7. The Morgan fingerprint density at radius 3 is 2.33 bits per heavy atom. The first-order valence-electron chi connectivity index (χ1n) is 15.9. The van der Waals surface area contributed by atoms with E-state index in [2.05, 4.69) is 24.9 Å². The lowest BCUT2D eigenvalue weighted by molar-refractivity contribution is -0.0670. The van der Waals surface area contributed by atoms with Crippen molar-refractivity contribution < 1.29 is 59.7 Å². The molecule has 10 atom stereocenters. The quantitative estimate of drug-likeness (QED) is 0.171. The maximum absolute atomic E-state index is 16.2. The van der Waals surface area contributed by atoms with Gasteiger partial charge in [0.15, 0.2) is 49.9 Å². The van der Waals surface area contributed by atoms with Crippen LogP contribution in [0.25, 0.3) is 22.2 Å². The van der Waals surface area contributed by atoms with Gasteiger partial charge in [-0.15, -0.1) is 0 Å². The first-order chi connectivity index (χ1) is 24.3. The van der Waals surface area contributed by atoms with Crippen molar-refractivity contribution in [2.24, 2.45) is 0 Å². The number of fused-ring (bicyclic) bond motifs is 5. The van der Waals surface area contributed by atoms with Gasteiger partial charge in [0.2, 0.25) is 0 Å². The van der Waals surface area contributed by atoms with Crippen LogP contribution in [0, 0.1) is 5.82 Å². The molecule has 25 heteroatoms. The second-order valence-corrected chi connectivity index (χ2v) is 21.6. The van der Waals surface area contributed by atoms with E-state index in [1.807, 2.05) is 33.9 Å². The van der Waals surface area contributed by atoms with E-state index in [1.165, 1.54) is 0 Å². The van der Waals surface area contributed by atoms with Gasteiger partial charge < -0.3 is 39.0 Å². The van der Waals surface area contributed by atoms with Gasteiger partial charge in [0.1, 0.15) is 47.8 Å². The summed E-state index contributed by atoms with van der Waals surface area (Å²) in [5.41, 5.74) is 5.02. The highest BCUT2D eigenvalue weighted by Gasteiger charge is 2.57. The van der Waals surface area contributed by atoms with Gasteiger partial charge in [0.05, 0.1) is 25.9 Å². The second kappa shape index (κ2) is 13.1. The summed E-state index contributed by atoms with van der Waals surface area (Å²) < 4.78 is 101. The second-order valence-electron chi connectivity index (χ2n) is 14.0. The third-order valence-corrected chi connectivity index (χ3v) is 16.1. The van der Waals surface area contributed by atoms with Crippen LogP contribution < -0.4 is 11.3 Å². The van der Waals surface area contributed by atoms with Crippen molar-refractivity contribution in [3.63, 3.8) is 0 Å². The molecule has 7 heterocycles. The number of hydrogen-bond acceptors (Lipinski definition) is 15. The van der Waals surface area contributed by atoms with Crippen molar-refractivity contribution >= 4 is 52.0 Å². The van der Waals surface area contributed by atoms with Crippen LogP contribution in [0.2, 0.25) is 18.1 Å². The minimum atomic E-state index is -5.22. The highest BCUT2D eigenvalue weighted by molar-refractivity contribution is 7.47. The van der Waals surface area contributed by atoms with Gasteiger partial charge in [-0.25, -0.2) is 37.8 Å². The maximum Gasteiger partial charge on any atom is 0.472 e. The van der Waals surface area contributed by atoms with Gasteiger partial charge in [-0.05, 0) is 18.1 Å². The molecule has 0 radical (unpaired) electrons. The van der Waals surface area contributed by atoms with Crippen LogP contribution in [-0.2, 0) is 41.1 Å². The van der Waals surface area contributed by atoms with Gasteiger partial charge in [0, 0.05) is 6.20 Å². The molecule has 2 bridgehead atoms. The monoisotopic (exact) mass is 792 g/mol. The minimum absolute atomic E-state index is 0.00450. The Morgan fingerprint density at radius 2 is 1.63 bits per heavy atom. The number of rotatable bonds is 4. The van der Waals surface area contributed by atoms with E-state index in [-0.39, 0.29) is 22.6 Å². The van der Waals surface area contributed by atoms with Crippen LogP contribution >= 0.6 is 15.6 Å². The number of hydrogen-bond donors (Lipinski definition) is 4. The fourth-order valence-corrected chi connectivity index (χ4v) is 9.22. The Morgan fingerprint density at radius 1 is 0.981 bits per heavy atom. The largest absolute Gasteiger partial charge is 0.472 e. The lowest BCUT2D eigenvalue weighted by Crippen LogP contribution is -2.50. The molecular weight excluding hydrogens is 756 g/mol. The number of nitrogen functional groups attached to an aromatic ring is 1. The molecule has 0 aliphatic carbocycles. The van der Waals surface area contributed by atoms with Crippen LogP contribution in [0.4, 0.5) is 14.6 Å². The number of nitrogens with zero attached hydrogens (tertiary/aromatic N) is 6. The summed E-state index contributed by atoms with van der Waals surface area (Å²) in [7, 11) is -13.2. The molecule has 7 rings (SSSR count). The number of phosphoric ester groups is 2.